The van der Waals surface area contributed by atoms with Gasteiger partial charge in [0.2, 0.25) is 5.91 Å². The van der Waals surface area contributed by atoms with E-state index in [0.29, 0.717) is 29.1 Å². The fourth-order valence-electron chi connectivity index (χ4n) is 5.73. The first-order valence-corrected chi connectivity index (χ1v) is 12.6. The zero-order valence-electron chi connectivity index (χ0n) is 19.2. The maximum absolute atomic E-state index is 14.9. The SMILES string of the molecule is N#Cc1ccc(/C(F)=C/c2ccc3c(c2)[C@@]2(C3)N=C(N)S[C@@]3(C(=O)N4CCC(F)(F)CC4)C[C@H]32)nc1. The van der Waals surface area contributed by atoms with Crippen molar-refractivity contribution in [3.63, 3.8) is 0 Å². The van der Waals surface area contributed by atoms with E-state index < -0.39 is 22.0 Å². The van der Waals surface area contributed by atoms with E-state index >= 15 is 0 Å². The number of nitriles is 1. The van der Waals surface area contributed by atoms with Crippen molar-refractivity contribution in [2.45, 2.75) is 41.9 Å². The van der Waals surface area contributed by atoms with Gasteiger partial charge in [-0.2, -0.15) is 5.26 Å². The van der Waals surface area contributed by atoms with Gasteiger partial charge >= 0.3 is 0 Å². The summed E-state index contributed by atoms with van der Waals surface area (Å²) in [5.41, 5.74) is 8.66. The minimum Gasteiger partial charge on any atom is -0.378 e. The molecular weight excluding hydrogens is 487 g/mol. The van der Waals surface area contributed by atoms with Crippen LogP contribution in [0.15, 0.2) is 41.5 Å². The second-order valence-corrected chi connectivity index (χ2v) is 11.3. The Hall–Kier alpha value is -3.32. The maximum Gasteiger partial charge on any atom is 0.251 e. The van der Waals surface area contributed by atoms with E-state index in [-0.39, 0.29) is 43.5 Å². The Bertz CT molecular complexity index is 1370. The minimum absolute atomic E-state index is 0.0408. The Morgan fingerprint density at radius 3 is 2.72 bits per heavy atom. The van der Waals surface area contributed by atoms with Crippen LogP contribution in [0.4, 0.5) is 13.2 Å². The molecule has 184 valence electrons. The number of aliphatic imine (C=N–C) groups is 1. The number of likely N-dealkylation sites (tertiary alicyclic amines) is 1. The lowest BCUT2D eigenvalue weighted by molar-refractivity contribution is -0.138. The van der Waals surface area contributed by atoms with Crippen LogP contribution in [0.3, 0.4) is 0 Å². The van der Waals surface area contributed by atoms with Gasteiger partial charge in [-0.1, -0.05) is 23.9 Å². The summed E-state index contributed by atoms with van der Waals surface area (Å²) in [4.78, 5) is 23.8. The number of hydrogen-bond donors (Lipinski definition) is 1. The number of alkyl halides is 2. The molecule has 2 aliphatic heterocycles. The summed E-state index contributed by atoms with van der Waals surface area (Å²) in [6, 6.07) is 10.5. The van der Waals surface area contributed by atoms with Crippen molar-refractivity contribution in [1.82, 2.24) is 9.88 Å². The van der Waals surface area contributed by atoms with E-state index in [0.717, 1.165) is 11.1 Å². The first kappa shape index (κ1) is 23.1. The summed E-state index contributed by atoms with van der Waals surface area (Å²) in [7, 11) is 0. The number of thioether (sulfide) groups is 1. The lowest BCUT2D eigenvalue weighted by Crippen LogP contribution is -2.52. The molecule has 2 N–H and O–H groups in total. The van der Waals surface area contributed by atoms with Gasteiger partial charge in [0.1, 0.15) is 16.6 Å². The number of carbonyl (C=O) groups is 1. The number of fused-ring (bicyclic) bond motifs is 4. The zero-order chi connectivity index (χ0) is 25.3. The van der Waals surface area contributed by atoms with E-state index in [1.54, 1.807) is 4.90 Å². The van der Waals surface area contributed by atoms with Crippen molar-refractivity contribution in [3.8, 4) is 6.07 Å². The molecule has 4 aliphatic rings. The summed E-state index contributed by atoms with van der Waals surface area (Å²) in [6.45, 7) is 0.0815. The first-order valence-electron chi connectivity index (χ1n) is 11.7. The van der Waals surface area contributed by atoms with Crippen LogP contribution in [0.1, 0.15) is 47.2 Å². The molecule has 2 aromatic rings. The third-order valence-electron chi connectivity index (χ3n) is 7.72. The van der Waals surface area contributed by atoms with E-state index in [4.69, 9.17) is 16.0 Å². The second kappa shape index (κ2) is 7.84. The highest BCUT2D eigenvalue weighted by molar-refractivity contribution is 8.15. The van der Waals surface area contributed by atoms with Crippen LogP contribution < -0.4 is 5.73 Å². The first-order chi connectivity index (χ1) is 17.2. The number of nitrogens with zero attached hydrogens (tertiary/aromatic N) is 4. The van der Waals surface area contributed by atoms with Gasteiger partial charge in [0.05, 0.1) is 16.8 Å². The lowest BCUT2D eigenvalue weighted by atomic mass is 9.66. The van der Waals surface area contributed by atoms with Crippen molar-refractivity contribution < 1.29 is 18.0 Å². The number of hydrogen-bond acceptors (Lipinski definition) is 6. The van der Waals surface area contributed by atoms with Crippen molar-refractivity contribution in [2.75, 3.05) is 13.1 Å². The Balaban J connectivity index is 1.27. The van der Waals surface area contributed by atoms with Crippen molar-refractivity contribution in [3.05, 3.63) is 64.5 Å². The molecule has 1 spiro atoms. The molecule has 1 aromatic carbocycles. The number of pyridine rings is 1. The van der Waals surface area contributed by atoms with Crippen molar-refractivity contribution in [1.29, 1.82) is 5.26 Å². The van der Waals surface area contributed by atoms with Crippen LogP contribution in [0.2, 0.25) is 0 Å². The number of piperidine rings is 1. The predicted molar refractivity (Wildman–Crippen MR) is 131 cm³/mol. The largest absolute Gasteiger partial charge is 0.378 e. The van der Waals surface area contributed by atoms with Gasteiger partial charge in [-0.3, -0.25) is 14.8 Å². The topological polar surface area (TPSA) is 95.4 Å². The van der Waals surface area contributed by atoms with Crippen LogP contribution in [0, 0.1) is 17.2 Å². The third kappa shape index (κ3) is 3.52. The molecule has 1 amide bonds. The van der Waals surface area contributed by atoms with Gasteiger partial charge in [0.25, 0.3) is 5.92 Å². The highest BCUT2D eigenvalue weighted by atomic mass is 32.2. The van der Waals surface area contributed by atoms with Gasteiger partial charge in [0.15, 0.2) is 5.17 Å². The maximum atomic E-state index is 14.9. The Morgan fingerprint density at radius 2 is 2.03 bits per heavy atom. The molecule has 0 radical (unpaired) electrons. The average molecular weight is 510 g/mol. The van der Waals surface area contributed by atoms with E-state index in [9.17, 15) is 18.0 Å². The van der Waals surface area contributed by atoms with Crippen LogP contribution in [0.5, 0.6) is 0 Å². The Labute approximate surface area is 210 Å². The van der Waals surface area contributed by atoms with Gasteiger partial charge in [-0.05, 0) is 47.4 Å². The molecule has 6 rings (SSSR count). The minimum atomic E-state index is -2.72. The quantitative estimate of drug-likeness (QED) is 0.668. The molecule has 36 heavy (non-hydrogen) atoms. The molecule has 0 unspecified atom stereocenters. The molecule has 3 heterocycles. The molecule has 2 aliphatic carbocycles. The number of rotatable bonds is 3. The van der Waals surface area contributed by atoms with Gasteiger partial charge in [0, 0.05) is 44.5 Å². The fraction of sp³-hybridized carbons (Fsp3) is 0.385. The monoisotopic (exact) mass is 509 g/mol. The van der Waals surface area contributed by atoms with Crippen LogP contribution in [0.25, 0.3) is 11.9 Å². The van der Waals surface area contributed by atoms with Gasteiger partial charge in [-0.25, -0.2) is 13.2 Å². The zero-order valence-corrected chi connectivity index (χ0v) is 20.0. The molecule has 6 nitrogen and oxygen atoms in total. The number of nitrogens with two attached hydrogens (primary N) is 1. The fourth-order valence-corrected chi connectivity index (χ4v) is 7.12. The molecule has 10 heteroatoms. The van der Waals surface area contributed by atoms with E-state index in [1.807, 2.05) is 24.3 Å². The van der Waals surface area contributed by atoms with Crippen LogP contribution in [-0.4, -0.2) is 44.7 Å². The summed E-state index contributed by atoms with van der Waals surface area (Å²) >= 11 is 1.25. The smallest absolute Gasteiger partial charge is 0.251 e. The number of amides is 1. The third-order valence-corrected chi connectivity index (χ3v) is 9.01. The number of halogens is 3. The van der Waals surface area contributed by atoms with Crippen molar-refractivity contribution in [2.24, 2.45) is 16.6 Å². The number of aromatic nitrogens is 1. The number of amidine groups is 1. The second-order valence-electron chi connectivity index (χ2n) is 9.90. The standard InChI is InChI=1S/C26H22F3N5OS/c27-19(20-4-2-16(13-30)14-32-20)10-15-1-3-17-11-25(18(17)9-15)21-12-26(21,36-23(31)33-25)22(35)34-7-5-24(28,29)6-8-34/h1-4,9-10,14,21H,5-8,11-12H2,(H2,31,33)/b19-10-/t21-,25+,26-/m0/s1. The van der Waals surface area contributed by atoms with Crippen LogP contribution >= 0.6 is 11.8 Å². The molecule has 1 aromatic heterocycles. The highest BCUT2D eigenvalue weighted by Crippen LogP contribution is 2.70. The Kier molecular flexibility index (Phi) is 5.03. The predicted octanol–water partition coefficient (Wildman–Crippen LogP) is 4.25. The number of carbonyl (C=O) groups excluding carboxylic acids is 1. The Morgan fingerprint density at radius 1 is 1.25 bits per heavy atom. The van der Waals surface area contributed by atoms with Gasteiger partial charge in [-0.15, -0.1) is 0 Å². The molecule has 1 saturated heterocycles. The van der Waals surface area contributed by atoms with E-state index in [1.165, 1.54) is 36.2 Å². The average Bonchev–Trinajstić information content (AvgIpc) is 3.60. The number of benzene rings is 1. The summed E-state index contributed by atoms with van der Waals surface area (Å²) in [5.74, 6) is -3.48. The lowest BCUT2D eigenvalue weighted by Gasteiger charge is -2.45. The molecule has 0 bridgehead atoms. The van der Waals surface area contributed by atoms with Crippen LogP contribution in [-0.2, 0) is 16.8 Å². The van der Waals surface area contributed by atoms with E-state index in [2.05, 4.69) is 4.98 Å². The normalized spacial score (nSPS) is 29.9. The molecule has 2 fully saturated rings. The van der Waals surface area contributed by atoms with Gasteiger partial charge < -0.3 is 10.6 Å². The summed E-state index contributed by atoms with van der Waals surface area (Å²) in [6.07, 6.45) is 3.26. The molecular formula is C26H22F3N5OS. The summed E-state index contributed by atoms with van der Waals surface area (Å²) < 4.78 is 41.4. The van der Waals surface area contributed by atoms with Crippen molar-refractivity contribution >= 4 is 34.7 Å². The summed E-state index contributed by atoms with van der Waals surface area (Å²) in [5, 5.41) is 9.22. The highest BCUT2D eigenvalue weighted by Gasteiger charge is 2.74. The molecule has 3 atom stereocenters. The molecule has 1 saturated carbocycles.